The van der Waals surface area contributed by atoms with E-state index in [1.807, 2.05) is 24.3 Å². The number of carbonyl (C=O) groups excluding carboxylic acids is 2. The van der Waals surface area contributed by atoms with Gasteiger partial charge in [0.2, 0.25) is 0 Å². The smallest absolute Gasteiger partial charge is 0.295 e. The maximum absolute atomic E-state index is 13.4. The summed E-state index contributed by atoms with van der Waals surface area (Å²) in [5.41, 5.74) is 2.63. The van der Waals surface area contributed by atoms with E-state index in [9.17, 15) is 14.7 Å². The fraction of sp³-hybridized carbons (Fsp3) is 0.276. The lowest BCUT2D eigenvalue weighted by molar-refractivity contribution is -0.140. The molecule has 186 valence electrons. The zero-order chi connectivity index (χ0) is 26.0. The molecule has 7 nitrogen and oxygen atoms in total. The van der Waals surface area contributed by atoms with E-state index in [0.29, 0.717) is 22.6 Å². The van der Waals surface area contributed by atoms with Crippen molar-refractivity contribution in [2.75, 3.05) is 14.2 Å². The minimum atomic E-state index is -0.793. The molecule has 2 heterocycles. The highest BCUT2D eigenvalue weighted by Crippen LogP contribution is 2.42. The third kappa shape index (κ3) is 4.69. The molecule has 1 aliphatic rings. The Bertz CT molecular complexity index is 1310. The lowest BCUT2D eigenvalue weighted by atomic mass is 9.85. The molecule has 1 N–H and O–H groups in total. The van der Waals surface area contributed by atoms with Crippen molar-refractivity contribution in [2.45, 2.75) is 38.8 Å². The zero-order valence-electron chi connectivity index (χ0n) is 21.1. The minimum Gasteiger partial charge on any atom is -0.507 e. The van der Waals surface area contributed by atoms with Crippen LogP contribution >= 0.6 is 0 Å². The molecule has 1 unspecified atom stereocenters. The predicted octanol–water partition coefficient (Wildman–Crippen LogP) is 5.02. The molecule has 7 heteroatoms. The van der Waals surface area contributed by atoms with E-state index in [1.54, 1.807) is 49.8 Å². The van der Waals surface area contributed by atoms with E-state index >= 15 is 0 Å². The Balaban J connectivity index is 1.88. The van der Waals surface area contributed by atoms with Gasteiger partial charge in [-0.3, -0.25) is 14.6 Å². The fourth-order valence-electron chi connectivity index (χ4n) is 4.37. The van der Waals surface area contributed by atoms with Crippen LogP contribution in [0.1, 0.15) is 49.1 Å². The summed E-state index contributed by atoms with van der Waals surface area (Å²) in [7, 11) is 3.09. The van der Waals surface area contributed by atoms with Crippen LogP contribution in [0.25, 0.3) is 5.76 Å². The number of carbonyl (C=O) groups is 2. The van der Waals surface area contributed by atoms with E-state index in [0.717, 1.165) is 11.1 Å². The van der Waals surface area contributed by atoms with Crippen molar-refractivity contribution in [1.82, 2.24) is 9.88 Å². The summed E-state index contributed by atoms with van der Waals surface area (Å²) in [4.78, 5) is 32.3. The first-order valence-corrected chi connectivity index (χ1v) is 11.7. The fourth-order valence-corrected chi connectivity index (χ4v) is 4.37. The molecule has 0 spiro atoms. The Morgan fingerprint density at radius 3 is 2.22 bits per heavy atom. The van der Waals surface area contributed by atoms with Gasteiger partial charge in [0.15, 0.2) is 0 Å². The molecular formula is C29H30N2O5. The molecule has 0 radical (unpaired) electrons. The molecule has 0 aliphatic carbocycles. The number of pyridine rings is 1. The van der Waals surface area contributed by atoms with Crippen molar-refractivity contribution in [3.63, 3.8) is 0 Å². The summed E-state index contributed by atoms with van der Waals surface area (Å²) >= 11 is 0. The molecule has 0 bridgehead atoms. The first-order chi connectivity index (χ1) is 17.2. The van der Waals surface area contributed by atoms with Crippen LogP contribution in [0.15, 0.2) is 72.6 Å². The minimum absolute atomic E-state index is 0.0177. The number of Topliss-reactive ketones (excluding diaryl/α,β-unsaturated/α-hetero) is 1. The van der Waals surface area contributed by atoms with Crippen LogP contribution < -0.4 is 9.47 Å². The Morgan fingerprint density at radius 1 is 0.972 bits per heavy atom. The number of hydrogen-bond donors (Lipinski definition) is 1. The SMILES string of the molecule is COc1ccc(CN2C(=O)C(=O)/C(=C(/O)c3cc(C(C)(C)C)ccc3OC)C2c2ccncc2)cc1. The topological polar surface area (TPSA) is 89.0 Å². The van der Waals surface area contributed by atoms with Crippen LogP contribution in [0.4, 0.5) is 0 Å². The van der Waals surface area contributed by atoms with Crippen LogP contribution in [0.3, 0.4) is 0 Å². The first-order valence-electron chi connectivity index (χ1n) is 11.7. The molecule has 1 atom stereocenters. The lowest BCUT2D eigenvalue weighted by Gasteiger charge is -2.26. The monoisotopic (exact) mass is 486 g/mol. The standard InChI is InChI=1S/C29H30N2O5/c1-29(2,3)20-8-11-23(36-5)22(16-20)26(32)24-25(19-12-14-30-15-13-19)31(28(34)27(24)33)17-18-6-9-21(35-4)10-7-18/h6-16,25,32H,17H2,1-5H3/b26-24+. The van der Waals surface area contributed by atoms with Gasteiger partial charge in [0.05, 0.1) is 31.4 Å². The van der Waals surface area contributed by atoms with Crippen LogP contribution in [0.5, 0.6) is 11.5 Å². The van der Waals surface area contributed by atoms with Crippen LogP contribution in [0.2, 0.25) is 0 Å². The van der Waals surface area contributed by atoms with Crippen LogP contribution in [-0.2, 0) is 21.5 Å². The Labute approximate surface area is 211 Å². The Morgan fingerprint density at radius 2 is 1.64 bits per heavy atom. The van der Waals surface area contributed by atoms with Crippen LogP contribution in [0, 0.1) is 0 Å². The average molecular weight is 487 g/mol. The first kappa shape index (κ1) is 25.0. The molecule has 4 rings (SSSR count). The molecule has 36 heavy (non-hydrogen) atoms. The molecule has 1 aromatic heterocycles. The van der Waals surface area contributed by atoms with Gasteiger partial charge in [-0.05, 0) is 58.5 Å². The highest BCUT2D eigenvalue weighted by atomic mass is 16.5. The number of methoxy groups -OCH3 is 2. The quantitative estimate of drug-likeness (QED) is 0.299. The molecule has 1 fully saturated rings. The molecule has 1 saturated heterocycles. The van der Waals surface area contributed by atoms with Gasteiger partial charge in [0.25, 0.3) is 11.7 Å². The molecule has 1 amide bonds. The molecule has 2 aromatic carbocycles. The third-order valence-corrected chi connectivity index (χ3v) is 6.39. The van der Waals surface area contributed by atoms with Crippen molar-refractivity contribution in [1.29, 1.82) is 0 Å². The number of aromatic nitrogens is 1. The number of amides is 1. The largest absolute Gasteiger partial charge is 0.507 e. The van der Waals surface area contributed by atoms with E-state index in [2.05, 4.69) is 25.8 Å². The number of aliphatic hydroxyl groups is 1. The summed E-state index contributed by atoms with van der Waals surface area (Å²) in [6.45, 7) is 6.35. The highest BCUT2D eigenvalue weighted by Gasteiger charge is 2.46. The van der Waals surface area contributed by atoms with Crippen molar-refractivity contribution in [2.24, 2.45) is 0 Å². The Hall–Kier alpha value is -4.13. The van der Waals surface area contributed by atoms with Gasteiger partial charge in [-0.15, -0.1) is 0 Å². The number of ether oxygens (including phenoxy) is 2. The van der Waals surface area contributed by atoms with E-state index < -0.39 is 17.7 Å². The van der Waals surface area contributed by atoms with Gasteiger partial charge in [0.1, 0.15) is 17.3 Å². The number of rotatable bonds is 6. The van der Waals surface area contributed by atoms with Crippen molar-refractivity contribution >= 4 is 17.4 Å². The molecular weight excluding hydrogens is 456 g/mol. The van der Waals surface area contributed by atoms with Gasteiger partial charge >= 0.3 is 0 Å². The zero-order valence-corrected chi connectivity index (χ0v) is 21.1. The van der Waals surface area contributed by atoms with Gasteiger partial charge < -0.3 is 19.5 Å². The van der Waals surface area contributed by atoms with Crippen molar-refractivity contribution in [3.8, 4) is 11.5 Å². The maximum Gasteiger partial charge on any atom is 0.295 e. The van der Waals surface area contributed by atoms with Gasteiger partial charge in [0, 0.05) is 18.9 Å². The summed E-state index contributed by atoms with van der Waals surface area (Å²) < 4.78 is 10.7. The number of aliphatic hydroxyl groups excluding tert-OH is 1. The second-order valence-electron chi connectivity index (χ2n) is 9.72. The number of hydrogen-bond acceptors (Lipinski definition) is 6. The number of benzene rings is 2. The van der Waals surface area contributed by atoms with E-state index in [1.165, 1.54) is 12.0 Å². The average Bonchev–Trinajstić information content (AvgIpc) is 3.13. The van der Waals surface area contributed by atoms with Gasteiger partial charge in [-0.1, -0.05) is 39.0 Å². The summed E-state index contributed by atoms with van der Waals surface area (Å²) in [5, 5.41) is 11.6. The van der Waals surface area contributed by atoms with E-state index in [4.69, 9.17) is 9.47 Å². The molecule has 3 aromatic rings. The normalized spacial score (nSPS) is 17.4. The number of ketones is 1. The predicted molar refractivity (Wildman–Crippen MR) is 137 cm³/mol. The second kappa shape index (κ2) is 9.85. The van der Waals surface area contributed by atoms with Crippen LogP contribution in [-0.4, -0.2) is 40.9 Å². The van der Waals surface area contributed by atoms with E-state index in [-0.39, 0.29) is 23.3 Å². The second-order valence-corrected chi connectivity index (χ2v) is 9.72. The Kier molecular flexibility index (Phi) is 6.84. The highest BCUT2D eigenvalue weighted by molar-refractivity contribution is 6.46. The summed E-state index contributed by atoms with van der Waals surface area (Å²) in [5.74, 6) is -0.589. The third-order valence-electron chi connectivity index (χ3n) is 6.39. The summed E-state index contributed by atoms with van der Waals surface area (Å²) in [6, 6.07) is 15.5. The number of nitrogens with zero attached hydrogens (tertiary/aromatic N) is 2. The maximum atomic E-state index is 13.4. The van der Waals surface area contributed by atoms with Crippen molar-refractivity contribution in [3.05, 3.63) is 94.8 Å². The lowest BCUT2D eigenvalue weighted by Crippen LogP contribution is -2.29. The van der Waals surface area contributed by atoms with Gasteiger partial charge in [-0.2, -0.15) is 0 Å². The molecule has 1 aliphatic heterocycles. The summed E-state index contributed by atoms with van der Waals surface area (Å²) in [6.07, 6.45) is 3.20. The number of likely N-dealkylation sites (tertiary alicyclic amines) is 1. The molecule has 0 saturated carbocycles. The van der Waals surface area contributed by atoms with Gasteiger partial charge in [-0.25, -0.2) is 0 Å². The van der Waals surface area contributed by atoms with Crippen molar-refractivity contribution < 1.29 is 24.2 Å².